The van der Waals surface area contributed by atoms with Crippen LogP contribution in [-0.2, 0) is 4.79 Å². The monoisotopic (exact) mass is 264 g/mol. The van der Waals surface area contributed by atoms with Crippen LogP contribution in [0.1, 0.15) is 13.8 Å². The fourth-order valence-corrected chi connectivity index (χ4v) is 2.58. The van der Waals surface area contributed by atoms with Gasteiger partial charge in [-0.3, -0.25) is 4.79 Å². The van der Waals surface area contributed by atoms with E-state index in [0.29, 0.717) is 6.54 Å². The quantitative estimate of drug-likeness (QED) is 0.736. The van der Waals surface area contributed by atoms with Gasteiger partial charge in [-0.05, 0) is 32.0 Å². The van der Waals surface area contributed by atoms with E-state index >= 15 is 0 Å². The summed E-state index contributed by atoms with van der Waals surface area (Å²) in [7, 11) is 0. The van der Waals surface area contributed by atoms with E-state index in [9.17, 15) is 4.79 Å². The zero-order chi connectivity index (χ0) is 13.1. The van der Waals surface area contributed by atoms with E-state index < -0.39 is 0 Å². The lowest BCUT2D eigenvalue weighted by Crippen LogP contribution is -2.37. The van der Waals surface area contributed by atoms with Crippen molar-refractivity contribution in [1.82, 2.24) is 10.3 Å². The number of rotatable bonds is 4. The number of carbonyl (C=O) groups is 1. The Balaban J connectivity index is 2.14. The Morgan fingerprint density at radius 2 is 2.33 bits per heavy atom. The molecule has 96 valence electrons. The van der Waals surface area contributed by atoms with E-state index in [2.05, 4.69) is 15.6 Å². The molecule has 2 aromatic rings. The van der Waals surface area contributed by atoms with Crippen molar-refractivity contribution in [3.05, 3.63) is 18.2 Å². The van der Waals surface area contributed by atoms with Gasteiger partial charge in [-0.2, -0.15) is 0 Å². The maximum atomic E-state index is 11.6. The summed E-state index contributed by atoms with van der Waals surface area (Å²) in [6.07, 6.45) is 0. The van der Waals surface area contributed by atoms with Crippen LogP contribution >= 0.6 is 11.3 Å². The third-order valence-corrected chi connectivity index (χ3v) is 3.45. The molecule has 0 bridgehead atoms. The van der Waals surface area contributed by atoms with Crippen molar-refractivity contribution in [2.24, 2.45) is 0 Å². The molecule has 1 atom stereocenters. The molecule has 4 N–H and O–H groups in total. The fourth-order valence-electron chi connectivity index (χ4n) is 1.58. The van der Waals surface area contributed by atoms with Crippen molar-refractivity contribution in [3.63, 3.8) is 0 Å². The predicted molar refractivity (Wildman–Crippen MR) is 75.8 cm³/mol. The molecule has 1 aromatic heterocycles. The Kier molecular flexibility index (Phi) is 3.66. The second kappa shape index (κ2) is 5.22. The molecule has 6 heteroatoms. The van der Waals surface area contributed by atoms with Gasteiger partial charge in [0.15, 0.2) is 5.13 Å². The van der Waals surface area contributed by atoms with Crippen LogP contribution < -0.4 is 16.4 Å². The standard InChI is InChI=1S/C12H16N4OS/c1-3-14-11(17)7(2)15-12-16-9-5-4-8(13)6-10(9)18-12/h4-7H,3,13H2,1-2H3,(H,14,17)(H,15,16). The van der Waals surface area contributed by atoms with Gasteiger partial charge in [0.25, 0.3) is 0 Å². The highest BCUT2D eigenvalue weighted by atomic mass is 32.1. The molecule has 1 unspecified atom stereocenters. The summed E-state index contributed by atoms with van der Waals surface area (Å²) < 4.78 is 1.01. The van der Waals surface area contributed by atoms with E-state index in [1.54, 1.807) is 0 Å². The van der Waals surface area contributed by atoms with E-state index in [1.165, 1.54) is 11.3 Å². The summed E-state index contributed by atoms with van der Waals surface area (Å²) in [5.41, 5.74) is 7.32. The fraction of sp³-hybridized carbons (Fsp3) is 0.333. The topological polar surface area (TPSA) is 80.0 Å². The van der Waals surface area contributed by atoms with Gasteiger partial charge in [0.1, 0.15) is 6.04 Å². The van der Waals surface area contributed by atoms with Gasteiger partial charge in [-0.15, -0.1) is 0 Å². The highest BCUT2D eigenvalue weighted by molar-refractivity contribution is 7.22. The second-order valence-electron chi connectivity index (χ2n) is 4.01. The molecule has 18 heavy (non-hydrogen) atoms. The van der Waals surface area contributed by atoms with E-state index in [4.69, 9.17) is 5.73 Å². The van der Waals surface area contributed by atoms with Crippen molar-refractivity contribution in [1.29, 1.82) is 0 Å². The van der Waals surface area contributed by atoms with E-state index in [-0.39, 0.29) is 11.9 Å². The Morgan fingerprint density at radius 3 is 3.06 bits per heavy atom. The first kappa shape index (κ1) is 12.6. The summed E-state index contributed by atoms with van der Waals surface area (Å²) >= 11 is 1.49. The number of nitrogens with one attached hydrogen (secondary N) is 2. The molecule has 5 nitrogen and oxygen atoms in total. The Bertz CT molecular complexity index is 566. The summed E-state index contributed by atoms with van der Waals surface area (Å²) in [4.78, 5) is 16.0. The van der Waals surface area contributed by atoms with Gasteiger partial charge < -0.3 is 16.4 Å². The zero-order valence-electron chi connectivity index (χ0n) is 10.4. The maximum absolute atomic E-state index is 11.6. The number of carbonyl (C=O) groups excluding carboxylic acids is 1. The third-order valence-electron chi connectivity index (χ3n) is 2.50. The molecule has 0 saturated carbocycles. The van der Waals surface area contributed by atoms with Crippen LogP contribution in [0.4, 0.5) is 10.8 Å². The number of hydrogen-bond donors (Lipinski definition) is 3. The number of nitrogens with zero attached hydrogens (tertiary/aromatic N) is 1. The normalized spacial score (nSPS) is 12.3. The number of hydrogen-bond acceptors (Lipinski definition) is 5. The summed E-state index contributed by atoms with van der Waals surface area (Å²) in [5, 5.41) is 6.58. The number of anilines is 2. The first-order chi connectivity index (χ1) is 8.60. The third kappa shape index (κ3) is 2.70. The number of nitrogen functional groups attached to an aromatic ring is 1. The lowest BCUT2D eigenvalue weighted by atomic mass is 10.3. The van der Waals surface area contributed by atoms with Gasteiger partial charge >= 0.3 is 0 Å². The molecule has 1 heterocycles. The first-order valence-corrected chi connectivity index (χ1v) is 6.62. The van der Waals surface area contributed by atoms with E-state index in [0.717, 1.165) is 21.0 Å². The second-order valence-corrected chi connectivity index (χ2v) is 5.04. The van der Waals surface area contributed by atoms with Gasteiger partial charge in [-0.1, -0.05) is 11.3 Å². The average Bonchev–Trinajstić information content (AvgIpc) is 2.70. The highest BCUT2D eigenvalue weighted by Crippen LogP contribution is 2.27. The minimum atomic E-state index is -0.303. The molecule has 0 aliphatic rings. The van der Waals surface area contributed by atoms with Crippen LogP contribution in [0.15, 0.2) is 18.2 Å². The number of benzene rings is 1. The molecule has 0 radical (unpaired) electrons. The zero-order valence-corrected chi connectivity index (χ0v) is 11.2. The smallest absolute Gasteiger partial charge is 0.242 e. The molecule has 0 spiro atoms. The summed E-state index contributed by atoms with van der Waals surface area (Å²) in [5.74, 6) is -0.0312. The lowest BCUT2D eigenvalue weighted by Gasteiger charge is -2.11. The van der Waals surface area contributed by atoms with Crippen LogP contribution in [0.2, 0.25) is 0 Å². The van der Waals surface area contributed by atoms with Crippen LogP contribution in [0.5, 0.6) is 0 Å². The maximum Gasteiger partial charge on any atom is 0.242 e. The number of aromatic nitrogens is 1. The first-order valence-electron chi connectivity index (χ1n) is 5.80. The SMILES string of the molecule is CCNC(=O)C(C)Nc1nc2ccc(N)cc2s1. The molecule has 0 aliphatic carbocycles. The van der Waals surface area contributed by atoms with Crippen molar-refractivity contribution in [2.45, 2.75) is 19.9 Å². The van der Waals surface area contributed by atoms with Crippen LogP contribution in [-0.4, -0.2) is 23.5 Å². The van der Waals surface area contributed by atoms with Gasteiger partial charge in [-0.25, -0.2) is 4.98 Å². The summed E-state index contributed by atoms with van der Waals surface area (Å²) in [6.45, 7) is 4.33. The molecule has 0 saturated heterocycles. The van der Waals surface area contributed by atoms with Gasteiger partial charge in [0, 0.05) is 12.2 Å². The van der Waals surface area contributed by atoms with Gasteiger partial charge in [0.2, 0.25) is 5.91 Å². The lowest BCUT2D eigenvalue weighted by molar-refractivity contribution is -0.121. The molecule has 0 fully saturated rings. The molecule has 0 aliphatic heterocycles. The highest BCUT2D eigenvalue weighted by Gasteiger charge is 2.13. The number of amides is 1. The van der Waals surface area contributed by atoms with Crippen LogP contribution in [0.25, 0.3) is 10.2 Å². The van der Waals surface area contributed by atoms with Crippen molar-refractivity contribution < 1.29 is 4.79 Å². The number of thiazole rings is 1. The number of fused-ring (bicyclic) bond motifs is 1. The van der Waals surface area contributed by atoms with Crippen molar-refractivity contribution in [3.8, 4) is 0 Å². The Morgan fingerprint density at radius 1 is 1.56 bits per heavy atom. The Labute approximate surface area is 109 Å². The van der Waals surface area contributed by atoms with Crippen LogP contribution in [0.3, 0.4) is 0 Å². The largest absolute Gasteiger partial charge is 0.399 e. The molecule has 2 rings (SSSR count). The van der Waals surface area contributed by atoms with Crippen molar-refractivity contribution >= 4 is 38.3 Å². The summed E-state index contributed by atoms with van der Waals surface area (Å²) in [6, 6.07) is 5.28. The van der Waals surface area contributed by atoms with Gasteiger partial charge in [0.05, 0.1) is 10.2 Å². The van der Waals surface area contributed by atoms with Crippen molar-refractivity contribution in [2.75, 3.05) is 17.6 Å². The average molecular weight is 264 g/mol. The minimum Gasteiger partial charge on any atom is -0.399 e. The Hall–Kier alpha value is -1.82. The number of nitrogens with two attached hydrogens (primary N) is 1. The molecule has 1 amide bonds. The van der Waals surface area contributed by atoms with Crippen LogP contribution in [0, 0.1) is 0 Å². The van der Waals surface area contributed by atoms with E-state index in [1.807, 2.05) is 32.0 Å². The molecular formula is C12H16N4OS. The molecule has 1 aromatic carbocycles. The minimum absolute atomic E-state index is 0.0312. The predicted octanol–water partition coefficient (Wildman–Crippen LogP) is 1.81. The molecular weight excluding hydrogens is 248 g/mol. The number of likely N-dealkylation sites (N-methyl/N-ethyl adjacent to an activating group) is 1.